The summed E-state index contributed by atoms with van der Waals surface area (Å²) in [5, 5.41) is 26.5. The molecular formula is C23H26N8O3. The fourth-order valence-corrected chi connectivity index (χ4v) is 3.46. The first kappa shape index (κ1) is 24.3. The van der Waals surface area contributed by atoms with Gasteiger partial charge in [0.2, 0.25) is 5.95 Å². The molecule has 1 saturated heterocycles. The highest BCUT2D eigenvalue weighted by atomic mass is 16.3. The van der Waals surface area contributed by atoms with E-state index in [1.165, 1.54) is 6.42 Å². The molecule has 0 saturated carbocycles. The number of benzene rings is 1. The van der Waals surface area contributed by atoms with Crippen molar-refractivity contribution in [2.75, 3.05) is 25.0 Å². The van der Waals surface area contributed by atoms with Gasteiger partial charge in [-0.15, -0.1) is 0 Å². The van der Waals surface area contributed by atoms with Gasteiger partial charge < -0.3 is 20.6 Å². The van der Waals surface area contributed by atoms with Crippen molar-refractivity contribution in [3.63, 3.8) is 0 Å². The van der Waals surface area contributed by atoms with Gasteiger partial charge in [0.25, 0.3) is 12.4 Å². The van der Waals surface area contributed by atoms with Crippen molar-refractivity contribution in [2.24, 2.45) is 7.05 Å². The van der Waals surface area contributed by atoms with Crippen molar-refractivity contribution in [1.29, 1.82) is 5.26 Å². The van der Waals surface area contributed by atoms with E-state index < -0.39 is 0 Å². The SMILES string of the molecule is C[C@@H](CN1CCC1)NC(=O)c1cc(-c2ccnc(Nc3cccc(C#N)c3)n2)nn1C.O=CO. The van der Waals surface area contributed by atoms with Crippen molar-refractivity contribution < 1.29 is 14.7 Å². The summed E-state index contributed by atoms with van der Waals surface area (Å²) in [6, 6.07) is 12.7. The van der Waals surface area contributed by atoms with E-state index in [2.05, 4.69) is 36.7 Å². The van der Waals surface area contributed by atoms with Crippen LogP contribution in [0.5, 0.6) is 0 Å². The summed E-state index contributed by atoms with van der Waals surface area (Å²) in [7, 11) is 1.74. The molecule has 3 N–H and O–H groups in total. The minimum Gasteiger partial charge on any atom is -0.483 e. The van der Waals surface area contributed by atoms with Crippen LogP contribution in [-0.4, -0.2) is 67.8 Å². The van der Waals surface area contributed by atoms with E-state index >= 15 is 0 Å². The predicted molar refractivity (Wildman–Crippen MR) is 125 cm³/mol. The number of carboxylic acid groups (broad SMARTS) is 1. The number of amides is 1. The second-order valence-corrected chi connectivity index (χ2v) is 7.76. The number of anilines is 2. The molecule has 0 bridgehead atoms. The van der Waals surface area contributed by atoms with Gasteiger partial charge in [-0.3, -0.25) is 14.3 Å². The van der Waals surface area contributed by atoms with Gasteiger partial charge in [0.15, 0.2) is 0 Å². The quantitative estimate of drug-likeness (QED) is 0.448. The first-order valence-electron chi connectivity index (χ1n) is 10.7. The normalized spacial score (nSPS) is 13.4. The summed E-state index contributed by atoms with van der Waals surface area (Å²) in [5.74, 6) is 0.224. The smallest absolute Gasteiger partial charge is 0.290 e. The number of aryl methyl sites for hydroxylation is 1. The average Bonchev–Trinajstić information content (AvgIpc) is 3.19. The fraction of sp³-hybridized carbons (Fsp3) is 0.304. The molecule has 1 fully saturated rings. The molecule has 2 aromatic heterocycles. The summed E-state index contributed by atoms with van der Waals surface area (Å²) in [5.41, 5.74) is 2.91. The number of carbonyl (C=O) groups is 2. The van der Waals surface area contributed by atoms with E-state index in [-0.39, 0.29) is 18.4 Å². The monoisotopic (exact) mass is 462 g/mol. The lowest BCUT2D eigenvalue weighted by Gasteiger charge is -2.33. The van der Waals surface area contributed by atoms with Crippen molar-refractivity contribution in [1.82, 2.24) is 30.0 Å². The summed E-state index contributed by atoms with van der Waals surface area (Å²) in [6.45, 7) is 4.81. The Labute approximate surface area is 197 Å². The first-order valence-corrected chi connectivity index (χ1v) is 10.7. The minimum atomic E-state index is -0.250. The third kappa shape index (κ3) is 6.36. The summed E-state index contributed by atoms with van der Waals surface area (Å²) < 4.78 is 1.56. The van der Waals surface area contributed by atoms with Crippen LogP contribution in [0.25, 0.3) is 11.4 Å². The molecule has 11 heteroatoms. The molecule has 0 radical (unpaired) electrons. The number of nitriles is 1. The first-order chi connectivity index (χ1) is 16.4. The van der Waals surface area contributed by atoms with Crippen molar-refractivity contribution >= 4 is 24.0 Å². The molecule has 1 aromatic carbocycles. The number of aromatic nitrogens is 4. The van der Waals surface area contributed by atoms with E-state index in [0.29, 0.717) is 34.3 Å². The molecule has 0 aliphatic carbocycles. The lowest BCUT2D eigenvalue weighted by atomic mass is 10.2. The van der Waals surface area contributed by atoms with Gasteiger partial charge in [0, 0.05) is 31.5 Å². The third-order valence-electron chi connectivity index (χ3n) is 5.14. The maximum atomic E-state index is 12.7. The highest BCUT2D eigenvalue weighted by Gasteiger charge is 2.20. The molecule has 1 amide bonds. The Hall–Kier alpha value is -4.30. The Morgan fingerprint density at radius 3 is 2.74 bits per heavy atom. The molecule has 3 aromatic rings. The zero-order valence-corrected chi connectivity index (χ0v) is 19.0. The minimum absolute atomic E-state index is 0.0603. The van der Waals surface area contributed by atoms with E-state index in [1.807, 2.05) is 13.0 Å². The van der Waals surface area contributed by atoms with Gasteiger partial charge in [-0.25, -0.2) is 9.97 Å². The molecule has 0 unspecified atom stereocenters. The van der Waals surface area contributed by atoms with E-state index in [9.17, 15) is 4.79 Å². The standard InChI is InChI=1S/C22H24N8O.CH2O2/c1-15(14-30-9-4-10-30)25-21(31)20-12-19(28-29(20)2)18-7-8-24-22(27-18)26-17-6-3-5-16(11-17)13-23;2-1-3/h3,5-8,11-12,15H,4,9-10,14H2,1-2H3,(H,25,31)(H,24,26,27);1H,(H,2,3)/t15-;/m0./s1. The van der Waals surface area contributed by atoms with Crippen LogP contribution in [0.3, 0.4) is 0 Å². The van der Waals surface area contributed by atoms with Gasteiger partial charge in [-0.05, 0) is 56.8 Å². The van der Waals surface area contributed by atoms with Gasteiger partial charge in [0.1, 0.15) is 11.4 Å². The van der Waals surface area contributed by atoms with Crippen LogP contribution in [0.2, 0.25) is 0 Å². The largest absolute Gasteiger partial charge is 0.483 e. The fourth-order valence-electron chi connectivity index (χ4n) is 3.46. The molecule has 34 heavy (non-hydrogen) atoms. The van der Waals surface area contributed by atoms with Gasteiger partial charge in [0.05, 0.1) is 17.3 Å². The number of rotatable bonds is 7. The lowest BCUT2D eigenvalue weighted by molar-refractivity contribution is -0.122. The second kappa shape index (κ2) is 11.5. The zero-order chi connectivity index (χ0) is 24.5. The van der Waals surface area contributed by atoms with Crippen molar-refractivity contribution in [3.8, 4) is 17.5 Å². The summed E-state index contributed by atoms with van der Waals surface area (Å²) >= 11 is 0. The molecule has 11 nitrogen and oxygen atoms in total. The van der Waals surface area contributed by atoms with Gasteiger partial charge in [-0.2, -0.15) is 10.4 Å². The average molecular weight is 463 g/mol. The van der Waals surface area contributed by atoms with Crippen LogP contribution in [0.4, 0.5) is 11.6 Å². The second-order valence-electron chi connectivity index (χ2n) is 7.76. The topological polar surface area (TPSA) is 149 Å². The molecule has 4 rings (SSSR count). The molecular weight excluding hydrogens is 436 g/mol. The zero-order valence-electron chi connectivity index (χ0n) is 19.0. The Morgan fingerprint density at radius 1 is 1.29 bits per heavy atom. The number of nitrogens with zero attached hydrogens (tertiary/aromatic N) is 6. The van der Waals surface area contributed by atoms with Gasteiger partial charge in [-0.1, -0.05) is 6.07 Å². The Bertz CT molecular complexity index is 1180. The lowest BCUT2D eigenvalue weighted by Crippen LogP contribution is -2.47. The maximum absolute atomic E-state index is 12.7. The maximum Gasteiger partial charge on any atom is 0.290 e. The van der Waals surface area contributed by atoms with Crippen LogP contribution >= 0.6 is 0 Å². The molecule has 176 valence electrons. The number of hydrogen-bond acceptors (Lipinski definition) is 8. The van der Waals surface area contributed by atoms with Crippen LogP contribution in [0.1, 0.15) is 29.4 Å². The highest BCUT2D eigenvalue weighted by Crippen LogP contribution is 2.20. The van der Waals surface area contributed by atoms with E-state index in [0.717, 1.165) is 19.6 Å². The van der Waals surface area contributed by atoms with Crippen molar-refractivity contribution in [3.05, 3.63) is 53.9 Å². The predicted octanol–water partition coefficient (Wildman–Crippen LogP) is 2.02. The Morgan fingerprint density at radius 2 is 2.06 bits per heavy atom. The summed E-state index contributed by atoms with van der Waals surface area (Å²) in [6.07, 6.45) is 2.85. The Balaban J connectivity index is 0.00000103. The summed E-state index contributed by atoms with van der Waals surface area (Å²) in [4.78, 5) is 32.1. The third-order valence-corrected chi connectivity index (χ3v) is 5.14. The number of carbonyl (C=O) groups excluding carboxylic acids is 1. The van der Waals surface area contributed by atoms with Crippen LogP contribution in [0.15, 0.2) is 42.6 Å². The number of likely N-dealkylation sites (tertiary alicyclic amines) is 1. The number of nitrogens with one attached hydrogen (secondary N) is 2. The van der Waals surface area contributed by atoms with Crippen molar-refractivity contribution in [2.45, 2.75) is 19.4 Å². The van der Waals surface area contributed by atoms with E-state index in [4.69, 9.17) is 15.2 Å². The van der Waals surface area contributed by atoms with Gasteiger partial charge >= 0.3 is 0 Å². The molecule has 1 aliphatic heterocycles. The molecule has 1 atom stereocenters. The highest BCUT2D eigenvalue weighted by molar-refractivity contribution is 5.93. The molecule has 1 aliphatic rings. The van der Waals surface area contributed by atoms with Crippen LogP contribution in [-0.2, 0) is 11.8 Å². The van der Waals surface area contributed by atoms with Crippen LogP contribution < -0.4 is 10.6 Å². The molecule has 3 heterocycles. The Kier molecular flexibility index (Phi) is 8.26. The van der Waals surface area contributed by atoms with E-state index in [1.54, 1.807) is 48.3 Å². The number of hydrogen-bond donors (Lipinski definition) is 3. The molecule has 0 spiro atoms. The van der Waals surface area contributed by atoms with Crippen LogP contribution in [0, 0.1) is 11.3 Å².